The molecule has 0 aromatic heterocycles. The monoisotopic (exact) mass is 285 g/mol. The van der Waals surface area contributed by atoms with Gasteiger partial charge in [-0.1, -0.05) is 0 Å². The van der Waals surface area contributed by atoms with Crippen molar-refractivity contribution in [1.29, 1.82) is 0 Å². The molecule has 1 aromatic carbocycles. The zero-order valence-electron chi connectivity index (χ0n) is 11.8. The minimum absolute atomic E-state index is 0.282. The van der Waals surface area contributed by atoms with Gasteiger partial charge in [0.1, 0.15) is 17.2 Å². The van der Waals surface area contributed by atoms with Gasteiger partial charge in [-0.3, -0.25) is 4.79 Å². The van der Waals surface area contributed by atoms with Crippen LogP contribution < -0.4 is 5.32 Å². The molecular weight excluding hydrogens is 268 g/mol. The zero-order chi connectivity index (χ0) is 15.5. The Hall–Kier alpha value is -1.98. The highest BCUT2D eigenvalue weighted by Crippen LogP contribution is 2.12. The second kappa shape index (κ2) is 5.98. The second-order valence-corrected chi connectivity index (χ2v) is 5.36. The summed E-state index contributed by atoms with van der Waals surface area (Å²) in [6, 6.07) is 1.66. The van der Waals surface area contributed by atoms with Crippen LogP contribution in [0.25, 0.3) is 0 Å². The number of rotatable bonds is 3. The maximum atomic E-state index is 13.5. The molecule has 0 unspecified atom stereocenters. The molecule has 0 aliphatic rings. The van der Waals surface area contributed by atoms with Crippen LogP contribution in [0.5, 0.6) is 0 Å². The Bertz CT molecular complexity index is 524. The maximum Gasteiger partial charge on any atom is 0.408 e. The van der Waals surface area contributed by atoms with Crippen molar-refractivity contribution >= 4 is 11.9 Å². The van der Waals surface area contributed by atoms with Crippen LogP contribution >= 0.6 is 0 Å². The fourth-order valence-electron chi connectivity index (χ4n) is 1.47. The van der Waals surface area contributed by atoms with E-state index in [-0.39, 0.29) is 5.56 Å². The molecule has 1 rings (SSSR count). The number of carbonyl (C=O) groups excluding carboxylic acids is 2. The van der Waals surface area contributed by atoms with Gasteiger partial charge in [0.25, 0.3) is 0 Å². The Kier molecular flexibility index (Phi) is 4.81. The molecule has 6 heteroatoms. The Labute approximate surface area is 116 Å². The van der Waals surface area contributed by atoms with E-state index in [0.29, 0.717) is 6.07 Å². The Morgan fingerprint density at radius 1 is 1.25 bits per heavy atom. The van der Waals surface area contributed by atoms with Crippen molar-refractivity contribution in [3.63, 3.8) is 0 Å². The summed E-state index contributed by atoms with van der Waals surface area (Å²) in [6.07, 6.45) is -0.777. The summed E-state index contributed by atoms with van der Waals surface area (Å²) in [7, 11) is 0. The van der Waals surface area contributed by atoms with Crippen molar-refractivity contribution in [3.8, 4) is 0 Å². The van der Waals surface area contributed by atoms with Gasteiger partial charge < -0.3 is 10.1 Å². The number of Topliss-reactive ketones (excluding diaryl/α,β-unsaturated/α-hetero) is 1. The summed E-state index contributed by atoms with van der Waals surface area (Å²) in [5.41, 5.74) is -0.983. The quantitative estimate of drug-likeness (QED) is 0.868. The number of hydrogen-bond donors (Lipinski definition) is 1. The molecule has 1 aromatic rings. The zero-order valence-corrected chi connectivity index (χ0v) is 11.8. The molecule has 0 radical (unpaired) electrons. The van der Waals surface area contributed by atoms with Crippen LogP contribution in [-0.2, 0) is 4.74 Å². The van der Waals surface area contributed by atoms with E-state index in [1.807, 2.05) is 0 Å². The molecule has 0 saturated carbocycles. The largest absolute Gasteiger partial charge is 0.444 e. The van der Waals surface area contributed by atoms with Crippen LogP contribution in [0.2, 0.25) is 0 Å². The molecule has 0 aliphatic heterocycles. The minimum atomic E-state index is -0.982. The molecular formula is C14H17F2NO3. The molecule has 0 heterocycles. The van der Waals surface area contributed by atoms with Gasteiger partial charge in [-0.25, -0.2) is 13.6 Å². The van der Waals surface area contributed by atoms with E-state index in [1.165, 1.54) is 6.92 Å². The van der Waals surface area contributed by atoms with Gasteiger partial charge >= 0.3 is 6.09 Å². The van der Waals surface area contributed by atoms with E-state index < -0.39 is 35.2 Å². The molecule has 110 valence electrons. The molecule has 0 saturated heterocycles. The molecule has 0 aliphatic carbocycles. The predicted octanol–water partition coefficient (Wildman–Crippen LogP) is 3.06. The Morgan fingerprint density at radius 3 is 2.35 bits per heavy atom. The van der Waals surface area contributed by atoms with Crippen LogP contribution in [0.3, 0.4) is 0 Å². The average Bonchev–Trinajstić information content (AvgIpc) is 2.25. The summed E-state index contributed by atoms with van der Waals surface area (Å²) < 4.78 is 31.2. The Morgan fingerprint density at radius 2 is 1.85 bits per heavy atom. The highest BCUT2D eigenvalue weighted by molar-refractivity contribution is 6.01. The standard InChI is InChI=1S/C14H17F2NO3/c1-8(17-13(19)20-14(2,3)4)12(18)10-6-5-9(15)7-11(10)16/h5-8H,1-4H3,(H,17,19)/t8-/m1/s1. The second-order valence-electron chi connectivity index (χ2n) is 5.36. The third-order valence-corrected chi connectivity index (χ3v) is 2.32. The van der Waals surface area contributed by atoms with Crippen LogP contribution in [-0.4, -0.2) is 23.5 Å². The van der Waals surface area contributed by atoms with Gasteiger partial charge in [0.05, 0.1) is 11.6 Å². The van der Waals surface area contributed by atoms with E-state index in [9.17, 15) is 18.4 Å². The summed E-state index contributed by atoms with van der Waals surface area (Å²) in [4.78, 5) is 23.4. The summed E-state index contributed by atoms with van der Waals surface area (Å²) in [6.45, 7) is 6.44. The maximum absolute atomic E-state index is 13.5. The van der Waals surface area contributed by atoms with Gasteiger partial charge in [-0.2, -0.15) is 0 Å². The first-order valence-corrected chi connectivity index (χ1v) is 6.09. The number of benzene rings is 1. The topological polar surface area (TPSA) is 55.4 Å². The van der Waals surface area contributed by atoms with Crippen molar-refractivity contribution in [1.82, 2.24) is 5.32 Å². The molecule has 1 N–H and O–H groups in total. The lowest BCUT2D eigenvalue weighted by Gasteiger charge is -2.21. The van der Waals surface area contributed by atoms with E-state index in [1.54, 1.807) is 20.8 Å². The van der Waals surface area contributed by atoms with Crippen molar-refractivity contribution in [2.45, 2.75) is 39.3 Å². The van der Waals surface area contributed by atoms with Crippen molar-refractivity contribution in [2.75, 3.05) is 0 Å². The Balaban J connectivity index is 2.75. The molecule has 0 fully saturated rings. The number of hydrogen-bond acceptors (Lipinski definition) is 3. The van der Waals surface area contributed by atoms with Crippen LogP contribution in [0.4, 0.5) is 13.6 Å². The molecule has 0 bridgehead atoms. The number of nitrogens with one attached hydrogen (secondary N) is 1. The normalized spacial score (nSPS) is 12.7. The predicted molar refractivity (Wildman–Crippen MR) is 69.5 cm³/mol. The lowest BCUT2D eigenvalue weighted by molar-refractivity contribution is 0.0496. The van der Waals surface area contributed by atoms with Gasteiger partial charge in [0, 0.05) is 6.07 Å². The molecule has 0 spiro atoms. The third-order valence-electron chi connectivity index (χ3n) is 2.32. The summed E-state index contributed by atoms with van der Waals surface area (Å²) in [5, 5.41) is 2.31. The number of ketones is 1. The highest BCUT2D eigenvalue weighted by atomic mass is 19.1. The first-order valence-electron chi connectivity index (χ1n) is 6.09. The van der Waals surface area contributed by atoms with Gasteiger partial charge in [0.15, 0.2) is 5.78 Å². The molecule has 4 nitrogen and oxygen atoms in total. The fourth-order valence-corrected chi connectivity index (χ4v) is 1.47. The lowest BCUT2D eigenvalue weighted by atomic mass is 10.0. The van der Waals surface area contributed by atoms with E-state index in [0.717, 1.165) is 12.1 Å². The SMILES string of the molecule is C[C@@H](NC(=O)OC(C)(C)C)C(=O)c1ccc(F)cc1F. The van der Waals surface area contributed by atoms with Crippen LogP contribution in [0, 0.1) is 11.6 Å². The van der Waals surface area contributed by atoms with E-state index in [2.05, 4.69) is 5.32 Å². The van der Waals surface area contributed by atoms with E-state index in [4.69, 9.17) is 4.74 Å². The number of carbonyl (C=O) groups is 2. The minimum Gasteiger partial charge on any atom is -0.444 e. The number of amides is 1. The van der Waals surface area contributed by atoms with Gasteiger partial charge in [-0.05, 0) is 39.8 Å². The molecule has 1 atom stereocenters. The number of alkyl carbamates (subject to hydrolysis) is 1. The summed E-state index contributed by atoms with van der Waals surface area (Å²) in [5.74, 6) is -2.40. The van der Waals surface area contributed by atoms with Crippen LogP contribution in [0.15, 0.2) is 18.2 Å². The number of halogens is 2. The van der Waals surface area contributed by atoms with Gasteiger partial charge in [0.2, 0.25) is 0 Å². The van der Waals surface area contributed by atoms with Gasteiger partial charge in [-0.15, -0.1) is 0 Å². The average molecular weight is 285 g/mol. The summed E-state index contributed by atoms with van der Waals surface area (Å²) >= 11 is 0. The molecule has 1 amide bonds. The highest BCUT2D eigenvalue weighted by Gasteiger charge is 2.23. The lowest BCUT2D eigenvalue weighted by Crippen LogP contribution is -2.41. The first-order chi connectivity index (χ1) is 9.10. The molecule has 20 heavy (non-hydrogen) atoms. The van der Waals surface area contributed by atoms with Crippen molar-refractivity contribution in [3.05, 3.63) is 35.4 Å². The third kappa shape index (κ3) is 4.60. The van der Waals surface area contributed by atoms with E-state index >= 15 is 0 Å². The fraction of sp³-hybridized carbons (Fsp3) is 0.429. The van der Waals surface area contributed by atoms with Crippen LogP contribution in [0.1, 0.15) is 38.1 Å². The first kappa shape index (κ1) is 16.1. The number of ether oxygens (including phenoxy) is 1. The van der Waals surface area contributed by atoms with Crippen molar-refractivity contribution < 1.29 is 23.1 Å². The van der Waals surface area contributed by atoms with Crippen molar-refractivity contribution in [2.24, 2.45) is 0 Å². The smallest absolute Gasteiger partial charge is 0.408 e.